The van der Waals surface area contributed by atoms with Crippen LogP contribution in [0.3, 0.4) is 0 Å². The molecule has 0 aliphatic carbocycles. The van der Waals surface area contributed by atoms with Crippen molar-refractivity contribution in [1.29, 1.82) is 0 Å². The number of benzene rings is 1. The van der Waals surface area contributed by atoms with E-state index in [0.717, 1.165) is 0 Å². The Kier molecular flexibility index (Phi) is 6.47. The molecule has 1 aromatic rings. The molecule has 1 aromatic carbocycles. The summed E-state index contributed by atoms with van der Waals surface area (Å²) in [6.45, 7) is 2.00. The first-order chi connectivity index (χ1) is 11.3. The van der Waals surface area contributed by atoms with Gasteiger partial charge in [-0.15, -0.1) is 12.4 Å². The van der Waals surface area contributed by atoms with Crippen molar-refractivity contribution in [2.24, 2.45) is 5.73 Å². The van der Waals surface area contributed by atoms with Crippen molar-refractivity contribution in [2.75, 3.05) is 39.4 Å². The lowest BCUT2D eigenvalue weighted by molar-refractivity contribution is 0.0730. The molecule has 0 radical (unpaired) electrons. The zero-order valence-electron chi connectivity index (χ0n) is 13.6. The van der Waals surface area contributed by atoms with E-state index in [2.05, 4.69) is 0 Å². The quantitative estimate of drug-likeness (QED) is 0.737. The van der Waals surface area contributed by atoms with Gasteiger partial charge >= 0.3 is 0 Å². The van der Waals surface area contributed by atoms with Gasteiger partial charge < -0.3 is 10.5 Å². The molecule has 2 aliphatic heterocycles. The second-order valence-corrected chi connectivity index (χ2v) is 9.78. The number of hydrogen-bond acceptors (Lipinski definition) is 6. The molecule has 0 aromatic heterocycles. The Morgan fingerprint density at radius 2 is 1.36 bits per heavy atom. The number of sulfonamides is 2. The van der Waals surface area contributed by atoms with Crippen LogP contribution in [0.2, 0.25) is 0 Å². The summed E-state index contributed by atoms with van der Waals surface area (Å²) < 4.78 is 58.0. The van der Waals surface area contributed by atoms with Crippen LogP contribution in [0.25, 0.3) is 0 Å². The van der Waals surface area contributed by atoms with Crippen LogP contribution >= 0.6 is 12.4 Å². The standard InChI is InChI=1S/C14H21N3O5S2.ClH/c15-12-5-6-17(11-12)24(20,21)14-3-1-13(2-4-14)23(18,19)16-7-9-22-10-8-16;/h1-4,12H,5-11,15H2;1H/t12-;/m1./s1. The van der Waals surface area contributed by atoms with Gasteiger partial charge in [-0.3, -0.25) is 0 Å². The van der Waals surface area contributed by atoms with Crippen LogP contribution in [0.15, 0.2) is 34.1 Å². The molecule has 2 aliphatic rings. The number of hydrogen-bond donors (Lipinski definition) is 1. The van der Waals surface area contributed by atoms with E-state index in [9.17, 15) is 16.8 Å². The van der Waals surface area contributed by atoms with Crippen molar-refractivity contribution in [3.63, 3.8) is 0 Å². The summed E-state index contributed by atoms with van der Waals surface area (Å²) in [6, 6.07) is 5.21. The minimum Gasteiger partial charge on any atom is -0.379 e. The van der Waals surface area contributed by atoms with Gasteiger partial charge in [-0.2, -0.15) is 8.61 Å². The van der Waals surface area contributed by atoms with Gasteiger partial charge in [0.05, 0.1) is 23.0 Å². The third-order valence-electron chi connectivity index (χ3n) is 4.26. The summed E-state index contributed by atoms with van der Waals surface area (Å²) in [5.41, 5.74) is 5.76. The molecule has 2 fully saturated rings. The molecule has 0 amide bonds. The first-order valence-corrected chi connectivity index (χ1v) is 10.6. The van der Waals surface area contributed by atoms with Crippen LogP contribution in [-0.4, -0.2) is 70.9 Å². The molecule has 2 N–H and O–H groups in total. The number of halogens is 1. The molecule has 0 unspecified atom stereocenters. The lowest BCUT2D eigenvalue weighted by Crippen LogP contribution is -2.40. The molecule has 8 nitrogen and oxygen atoms in total. The van der Waals surface area contributed by atoms with E-state index < -0.39 is 20.0 Å². The first-order valence-electron chi connectivity index (χ1n) is 7.75. The fourth-order valence-electron chi connectivity index (χ4n) is 2.84. The highest BCUT2D eigenvalue weighted by atomic mass is 35.5. The van der Waals surface area contributed by atoms with E-state index in [-0.39, 0.29) is 34.8 Å². The Morgan fingerprint density at radius 3 is 1.80 bits per heavy atom. The molecule has 2 saturated heterocycles. The highest BCUT2D eigenvalue weighted by Gasteiger charge is 2.32. The minimum absolute atomic E-state index is 0. The Hall–Kier alpha value is -0.750. The fourth-order valence-corrected chi connectivity index (χ4v) is 5.76. The Balaban J connectivity index is 0.00000225. The van der Waals surface area contributed by atoms with Gasteiger partial charge in [0.2, 0.25) is 20.0 Å². The van der Waals surface area contributed by atoms with Gasteiger partial charge in [0.15, 0.2) is 0 Å². The average molecular weight is 412 g/mol. The second kappa shape index (κ2) is 7.87. The van der Waals surface area contributed by atoms with Gasteiger partial charge in [0, 0.05) is 32.2 Å². The third-order valence-corrected chi connectivity index (χ3v) is 8.05. The highest BCUT2D eigenvalue weighted by molar-refractivity contribution is 7.89. The van der Waals surface area contributed by atoms with Crippen molar-refractivity contribution in [1.82, 2.24) is 8.61 Å². The molecule has 0 bridgehead atoms. The summed E-state index contributed by atoms with van der Waals surface area (Å²) in [6.07, 6.45) is 0.628. The molecule has 11 heteroatoms. The van der Waals surface area contributed by atoms with Gasteiger partial charge in [-0.25, -0.2) is 16.8 Å². The number of nitrogens with two attached hydrogens (primary N) is 1. The SMILES string of the molecule is Cl.N[C@@H]1CCN(S(=O)(=O)c2ccc(S(=O)(=O)N3CCOCC3)cc2)C1. The number of ether oxygens (including phenoxy) is 1. The maximum absolute atomic E-state index is 12.5. The normalized spacial score (nSPS) is 23.3. The number of rotatable bonds is 4. The van der Waals surface area contributed by atoms with Crippen LogP contribution in [0, 0.1) is 0 Å². The lowest BCUT2D eigenvalue weighted by atomic mass is 10.3. The molecule has 142 valence electrons. The van der Waals surface area contributed by atoms with Crippen LogP contribution in [0.4, 0.5) is 0 Å². The Bertz CT molecular complexity index is 739. The predicted octanol–water partition coefficient (Wildman–Crippen LogP) is -0.149. The zero-order chi connectivity index (χ0) is 17.4. The third kappa shape index (κ3) is 4.16. The fraction of sp³-hybridized carbons (Fsp3) is 0.571. The molecule has 0 spiro atoms. The van der Waals surface area contributed by atoms with Crippen LogP contribution < -0.4 is 5.73 Å². The topological polar surface area (TPSA) is 110 Å². The van der Waals surface area contributed by atoms with E-state index in [0.29, 0.717) is 39.3 Å². The van der Waals surface area contributed by atoms with Crippen LogP contribution in [0.1, 0.15) is 6.42 Å². The Labute approximate surface area is 154 Å². The minimum atomic E-state index is -3.63. The maximum Gasteiger partial charge on any atom is 0.243 e. The van der Waals surface area contributed by atoms with Crippen molar-refractivity contribution in [3.8, 4) is 0 Å². The number of nitrogens with zero attached hydrogens (tertiary/aromatic N) is 2. The highest BCUT2D eigenvalue weighted by Crippen LogP contribution is 2.23. The van der Waals surface area contributed by atoms with Gasteiger partial charge in [0.1, 0.15) is 0 Å². The van der Waals surface area contributed by atoms with E-state index >= 15 is 0 Å². The van der Waals surface area contributed by atoms with Crippen molar-refractivity contribution < 1.29 is 21.6 Å². The Morgan fingerprint density at radius 1 is 0.880 bits per heavy atom. The van der Waals surface area contributed by atoms with E-state index in [1.807, 2.05) is 0 Å². The van der Waals surface area contributed by atoms with Crippen molar-refractivity contribution in [3.05, 3.63) is 24.3 Å². The molecule has 2 heterocycles. The maximum atomic E-state index is 12.5. The molecular weight excluding hydrogens is 390 g/mol. The summed E-state index contributed by atoms with van der Waals surface area (Å²) in [4.78, 5) is 0.166. The predicted molar refractivity (Wildman–Crippen MR) is 94.6 cm³/mol. The summed E-state index contributed by atoms with van der Waals surface area (Å²) >= 11 is 0. The second-order valence-electron chi connectivity index (χ2n) is 5.90. The summed E-state index contributed by atoms with van der Waals surface area (Å²) in [5.74, 6) is 0. The molecular formula is C14H22ClN3O5S2. The number of morpholine rings is 1. The average Bonchev–Trinajstić information content (AvgIpc) is 3.03. The molecule has 25 heavy (non-hydrogen) atoms. The van der Waals surface area contributed by atoms with Crippen molar-refractivity contribution >= 4 is 32.5 Å². The summed E-state index contributed by atoms with van der Waals surface area (Å²) in [7, 11) is -7.26. The largest absolute Gasteiger partial charge is 0.379 e. The molecule has 1 atom stereocenters. The lowest BCUT2D eigenvalue weighted by Gasteiger charge is -2.26. The monoisotopic (exact) mass is 411 g/mol. The molecule has 0 saturated carbocycles. The van der Waals surface area contributed by atoms with Crippen LogP contribution in [0.5, 0.6) is 0 Å². The smallest absolute Gasteiger partial charge is 0.243 e. The van der Waals surface area contributed by atoms with Gasteiger partial charge in [0.25, 0.3) is 0 Å². The zero-order valence-corrected chi connectivity index (χ0v) is 16.0. The van der Waals surface area contributed by atoms with E-state index in [1.165, 1.54) is 32.9 Å². The van der Waals surface area contributed by atoms with E-state index in [4.69, 9.17) is 10.5 Å². The van der Waals surface area contributed by atoms with Gasteiger partial charge in [-0.1, -0.05) is 0 Å². The van der Waals surface area contributed by atoms with E-state index in [1.54, 1.807) is 0 Å². The molecule has 3 rings (SSSR count). The summed E-state index contributed by atoms with van der Waals surface area (Å²) in [5, 5.41) is 0. The van der Waals surface area contributed by atoms with Crippen LogP contribution in [-0.2, 0) is 24.8 Å². The van der Waals surface area contributed by atoms with Crippen molar-refractivity contribution in [2.45, 2.75) is 22.3 Å². The first kappa shape index (κ1) is 20.6. The van der Waals surface area contributed by atoms with Gasteiger partial charge in [-0.05, 0) is 30.7 Å².